The number of imide groups is 1. The largest absolute Gasteiger partial charge is 0.457 e. The van der Waals surface area contributed by atoms with Crippen molar-refractivity contribution in [1.29, 1.82) is 0 Å². The molecule has 1 heterocycles. The molecule has 206 valence electrons. The van der Waals surface area contributed by atoms with Crippen LogP contribution >= 0.6 is 0 Å². The SMILES string of the molecule is C[C@@H]1OC(=O)[C@@H](N(C(=O)OC(C)(C)C)C(=O)OC(C)(C)C)CCCC[C@H](O)[C@H]1OC(=O)c1ccccc1. The van der Waals surface area contributed by atoms with Gasteiger partial charge in [-0.05, 0) is 73.4 Å². The summed E-state index contributed by atoms with van der Waals surface area (Å²) in [5.74, 6) is -1.58. The number of cyclic esters (lactones) is 1. The number of esters is 2. The lowest BCUT2D eigenvalue weighted by Crippen LogP contribution is -2.54. The van der Waals surface area contributed by atoms with Crippen molar-refractivity contribution in [2.75, 3.05) is 0 Å². The lowest BCUT2D eigenvalue weighted by molar-refractivity contribution is -0.165. The molecule has 0 unspecified atom stereocenters. The zero-order chi connectivity index (χ0) is 28.0. The van der Waals surface area contributed by atoms with E-state index < -0.39 is 59.7 Å². The van der Waals surface area contributed by atoms with Crippen LogP contribution in [0.25, 0.3) is 0 Å². The Bertz CT molecular complexity index is 921. The summed E-state index contributed by atoms with van der Waals surface area (Å²) in [6.07, 6.45) is -4.27. The molecule has 1 N–H and O–H groups in total. The molecule has 1 aliphatic heterocycles. The molecule has 2 rings (SSSR count). The Kier molecular flexibility index (Phi) is 10.1. The highest BCUT2D eigenvalue weighted by Crippen LogP contribution is 2.25. The van der Waals surface area contributed by atoms with Gasteiger partial charge in [0.15, 0.2) is 6.10 Å². The molecular formula is C27H39NO9. The van der Waals surface area contributed by atoms with Crippen LogP contribution in [0.1, 0.15) is 84.5 Å². The molecule has 1 aromatic rings. The van der Waals surface area contributed by atoms with Gasteiger partial charge in [-0.1, -0.05) is 31.0 Å². The first-order chi connectivity index (χ1) is 17.1. The van der Waals surface area contributed by atoms with Crippen LogP contribution in [0, 0.1) is 0 Å². The van der Waals surface area contributed by atoms with Crippen LogP contribution in [0.15, 0.2) is 30.3 Å². The molecule has 0 saturated carbocycles. The molecular weight excluding hydrogens is 482 g/mol. The van der Waals surface area contributed by atoms with Gasteiger partial charge in [0.2, 0.25) is 0 Å². The highest BCUT2D eigenvalue weighted by Gasteiger charge is 2.43. The number of benzene rings is 1. The fourth-order valence-corrected chi connectivity index (χ4v) is 3.74. The van der Waals surface area contributed by atoms with Crippen molar-refractivity contribution >= 4 is 24.1 Å². The molecule has 37 heavy (non-hydrogen) atoms. The number of carbonyl (C=O) groups excluding carboxylic acids is 4. The number of nitrogens with zero attached hydrogens (tertiary/aromatic N) is 1. The zero-order valence-corrected chi connectivity index (χ0v) is 22.7. The van der Waals surface area contributed by atoms with Crippen LogP contribution in [-0.2, 0) is 23.7 Å². The second-order valence-electron chi connectivity index (χ2n) is 11.1. The van der Waals surface area contributed by atoms with Gasteiger partial charge in [-0.2, -0.15) is 4.90 Å². The molecule has 1 aliphatic rings. The predicted molar refractivity (Wildman–Crippen MR) is 134 cm³/mol. The van der Waals surface area contributed by atoms with Crippen molar-refractivity contribution in [3.05, 3.63) is 35.9 Å². The van der Waals surface area contributed by atoms with E-state index >= 15 is 0 Å². The lowest BCUT2D eigenvalue weighted by Gasteiger charge is -2.35. The molecule has 1 aromatic carbocycles. The van der Waals surface area contributed by atoms with Gasteiger partial charge >= 0.3 is 24.1 Å². The van der Waals surface area contributed by atoms with Crippen LogP contribution in [-0.4, -0.2) is 69.7 Å². The van der Waals surface area contributed by atoms with E-state index in [-0.39, 0.29) is 18.4 Å². The number of aliphatic hydroxyl groups is 1. The maximum Gasteiger partial charge on any atom is 0.420 e. The second-order valence-corrected chi connectivity index (χ2v) is 11.1. The first kappa shape index (κ1) is 30.1. The Hall–Kier alpha value is -3.14. The Labute approximate surface area is 218 Å². The number of rotatable bonds is 3. The van der Waals surface area contributed by atoms with Crippen molar-refractivity contribution in [1.82, 2.24) is 4.90 Å². The van der Waals surface area contributed by atoms with Gasteiger partial charge in [-0.25, -0.2) is 19.2 Å². The minimum absolute atomic E-state index is 0.0746. The van der Waals surface area contributed by atoms with Gasteiger partial charge in [-0.3, -0.25) is 0 Å². The van der Waals surface area contributed by atoms with E-state index in [9.17, 15) is 24.3 Å². The molecule has 0 aliphatic carbocycles. The fraction of sp³-hybridized carbons (Fsp3) is 0.630. The molecule has 0 spiro atoms. The van der Waals surface area contributed by atoms with E-state index in [1.165, 1.54) is 6.92 Å². The number of aliphatic hydroxyl groups excluding tert-OH is 1. The van der Waals surface area contributed by atoms with E-state index in [1.54, 1.807) is 71.9 Å². The Morgan fingerprint density at radius 3 is 1.95 bits per heavy atom. The lowest BCUT2D eigenvalue weighted by atomic mass is 9.98. The van der Waals surface area contributed by atoms with Gasteiger partial charge in [0.05, 0.1) is 11.7 Å². The Morgan fingerprint density at radius 1 is 0.919 bits per heavy atom. The number of carbonyl (C=O) groups is 4. The van der Waals surface area contributed by atoms with Gasteiger partial charge < -0.3 is 24.1 Å². The summed E-state index contributed by atoms with van der Waals surface area (Å²) in [6.45, 7) is 11.3. The smallest absolute Gasteiger partial charge is 0.420 e. The van der Waals surface area contributed by atoms with Crippen LogP contribution < -0.4 is 0 Å². The van der Waals surface area contributed by atoms with Crippen molar-refractivity contribution < 1.29 is 43.2 Å². The summed E-state index contributed by atoms with van der Waals surface area (Å²) < 4.78 is 21.9. The molecule has 0 bridgehead atoms. The monoisotopic (exact) mass is 521 g/mol. The number of ether oxygens (including phenoxy) is 4. The molecule has 10 nitrogen and oxygen atoms in total. The third-order valence-corrected chi connectivity index (χ3v) is 5.39. The van der Waals surface area contributed by atoms with Crippen LogP contribution in [0.2, 0.25) is 0 Å². The van der Waals surface area contributed by atoms with Crippen LogP contribution in [0.4, 0.5) is 9.59 Å². The Balaban J connectivity index is 2.33. The molecule has 4 atom stereocenters. The predicted octanol–water partition coefficient (Wildman–Crippen LogP) is 4.62. The van der Waals surface area contributed by atoms with Gasteiger partial charge in [0, 0.05) is 0 Å². The van der Waals surface area contributed by atoms with Crippen molar-refractivity contribution in [3.63, 3.8) is 0 Å². The third-order valence-electron chi connectivity index (χ3n) is 5.39. The molecule has 2 amide bonds. The van der Waals surface area contributed by atoms with Crippen molar-refractivity contribution in [2.45, 2.75) is 110 Å². The fourth-order valence-electron chi connectivity index (χ4n) is 3.74. The zero-order valence-electron chi connectivity index (χ0n) is 22.7. The van der Waals surface area contributed by atoms with Gasteiger partial charge in [0.25, 0.3) is 0 Å². The summed E-state index contributed by atoms with van der Waals surface area (Å²) in [7, 11) is 0. The standard InChI is InChI=1S/C27H39NO9/c1-17-21(35-22(30)18-13-9-8-10-14-18)20(29)16-12-11-15-19(23(31)34-17)28(24(32)36-26(2,3)4)25(33)37-27(5,6)7/h8-10,13-14,17,19-21,29H,11-12,15-16H2,1-7H3/t17-,19-,20-,21-/m0/s1. The van der Waals surface area contributed by atoms with Crippen LogP contribution in [0.3, 0.4) is 0 Å². The van der Waals surface area contributed by atoms with Crippen LogP contribution in [0.5, 0.6) is 0 Å². The van der Waals surface area contributed by atoms with Crippen molar-refractivity contribution in [3.8, 4) is 0 Å². The number of amides is 2. The average molecular weight is 522 g/mol. The normalized spacial score (nSPS) is 23.3. The molecule has 1 fully saturated rings. The summed E-state index contributed by atoms with van der Waals surface area (Å²) in [5.41, 5.74) is -1.60. The second kappa shape index (κ2) is 12.4. The average Bonchev–Trinajstić information content (AvgIpc) is 2.76. The molecule has 10 heteroatoms. The summed E-state index contributed by atoms with van der Waals surface area (Å²) in [4.78, 5) is 52.8. The van der Waals surface area contributed by atoms with Gasteiger partial charge in [-0.15, -0.1) is 0 Å². The number of hydrogen-bond acceptors (Lipinski definition) is 9. The molecule has 1 saturated heterocycles. The van der Waals surface area contributed by atoms with E-state index in [0.29, 0.717) is 17.7 Å². The molecule has 0 radical (unpaired) electrons. The summed E-state index contributed by atoms with van der Waals surface area (Å²) >= 11 is 0. The maximum absolute atomic E-state index is 13.3. The van der Waals surface area contributed by atoms with E-state index in [0.717, 1.165) is 0 Å². The highest BCUT2D eigenvalue weighted by molar-refractivity contribution is 5.94. The van der Waals surface area contributed by atoms with E-state index in [1.807, 2.05) is 0 Å². The van der Waals surface area contributed by atoms with Crippen molar-refractivity contribution in [2.24, 2.45) is 0 Å². The summed E-state index contributed by atoms with van der Waals surface area (Å²) in [6, 6.07) is 6.91. The number of hydrogen-bond donors (Lipinski definition) is 1. The summed E-state index contributed by atoms with van der Waals surface area (Å²) in [5, 5.41) is 10.7. The first-order valence-corrected chi connectivity index (χ1v) is 12.5. The van der Waals surface area contributed by atoms with E-state index in [4.69, 9.17) is 18.9 Å². The topological polar surface area (TPSA) is 129 Å². The molecule has 0 aromatic heterocycles. The minimum Gasteiger partial charge on any atom is -0.457 e. The quantitative estimate of drug-likeness (QED) is 0.447. The van der Waals surface area contributed by atoms with E-state index in [2.05, 4.69) is 0 Å². The van der Waals surface area contributed by atoms with Gasteiger partial charge in [0.1, 0.15) is 23.3 Å². The Morgan fingerprint density at radius 2 is 1.43 bits per heavy atom. The maximum atomic E-state index is 13.3. The third kappa shape index (κ3) is 9.35. The minimum atomic E-state index is -1.34. The first-order valence-electron chi connectivity index (χ1n) is 12.5. The highest BCUT2D eigenvalue weighted by atomic mass is 16.6.